The summed E-state index contributed by atoms with van der Waals surface area (Å²) in [5, 5.41) is 0. The van der Waals surface area contributed by atoms with E-state index < -0.39 is 6.04 Å². The summed E-state index contributed by atoms with van der Waals surface area (Å²) in [6.07, 6.45) is 0.364. The molecular weight excluding hydrogens is 290 g/mol. The van der Waals surface area contributed by atoms with Crippen molar-refractivity contribution < 1.29 is 4.79 Å². The lowest BCUT2D eigenvalue weighted by atomic mass is 9.98. The molecule has 0 heterocycles. The molecule has 18 heavy (non-hydrogen) atoms. The Hall–Kier alpha value is -1.45. The average molecular weight is 304 g/mol. The van der Waals surface area contributed by atoms with E-state index in [1.807, 2.05) is 54.6 Å². The number of hydrogen-bond acceptors (Lipinski definition) is 2. The van der Waals surface area contributed by atoms with Crippen molar-refractivity contribution in [2.24, 2.45) is 5.73 Å². The summed E-state index contributed by atoms with van der Waals surface area (Å²) in [6, 6.07) is 16.6. The molecule has 2 rings (SSSR count). The van der Waals surface area contributed by atoms with Gasteiger partial charge in [-0.05, 0) is 23.3 Å². The standard InChI is InChI=1S/C15H14BrNO/c16-13-8-6-11(7-9-13)10-14(18)15(17)12-4-2-1-3-5-12/h1-9,15H,10,17H2. The van der Waals surface area contributed by atoms with Gasteiger partial charge in [0.1, 0.15) is 0 Å². The molecule has 2 aromatic rings. The molecule has 0 aliphatic heterocycles. The van der Waals surface area contributed by atoms with Crippen molar-refractivity contribution >= 4 is 21.7 Å². The van der Waals surface area contributed by atoms with Crippen molar-refractivity contribution in [3.8, 4) is 0 Å². The fraction of sp³-hybridized carbons (Fsp3) is 0.133. The maximum atomic E-state index is 12.1. The monoisotopic (exact) mass is 303 g/mol. The third-order valence-electron chi connectivity index (χ3n) is 2.80. The van der Waals surface area contributed by atoms with Gasteiger partial charge in [0.05, 0.1) is 6.04 Å². The molecule has 0 bridgehead atoms. The molecule has 2 nitrogen and oxygen atoms in total. The molecule has 0 fully saturated rings. The number of halogens is 1. The van der Waals surface area contributed by atoms with Crippen molar-refractivity contribution in [2.45, 2.75) is 12.5 Å². The van der Waals surface area contributed by atoms with Crippen molar-refractivity contribution in [1.29, 1.82) is 0 Å². The fourth-order valence-corrected chi connectivity index (χ4v) is 2.02. The molecule has 3 heteroatoms. The van der Waals surface area contributed by atoms with E-state index >= 15 is 0 Å². The van der Waals surface area contributed by atoms with Gasteiger partial charge in [0.15, 0.2) is 5.78 Å². The minimum Gasteiger partial charge on any atom is -0.318 e. The van der Waals surface area contributed by atoms with Crippen LogP contribution in [-0.4, -0.2) is 5.78 Å². The SMILES string of the molecule is NC(C(=O)Cc1ccc(Br)cc1)c1ccccc1. The molecule has 0 saturated heterocycles. The van der Waals surface area contributed by atoms with Gasteiger partial charge >= 0.3 is 0 Å². The van der Waals surface area contributed by atoms with Crippen molar-refractivity contribution in [3.63, 3.8) is 0 Å². The highest BCUT2D eigenvalue weighted by molar-refractivity contribution is 9.10. The van der Waals surface area contributed by atoms with Crippen LogP contribution in [0.1, 0.15) is 17.2 Å². The Labute approximate surface area is 115 Å². The van der Waals surface area contributed by atoms with Crippen LogP contribution in [0, 0.1) is 0 Å². The predicted octanol–water partition coefficient (Wildman–Crippen LogP) is 3.26. The Kier molecular flexibility index (Phi) is 4.28. The zero-order valence-corrected chi connectivity index (χ0v) is 11.4. The Bertz CT molecular complexity index is 522. The van der Waals surface area contributed by atoms with Gasteiger partial charge < -0.3 is 5.73 Å². The molecule has 0 spiro atoms. The number of carbonyl (C=O) groups excluding carboxylic acids is 1. The van der Waals surface area contributed by atoms with E-state index in [1.54, 1.807) is 0 Å². The second-order valence-corrected chi connectivity index (χ2v) is 5.07. The van der Waals surface area contributed by atoms with Gasteiger partial charge in [0.2, 0.25) is 0 Å². The highest BCUT2D eigenvalue weighted by Crippen LogP contribution is 2.15. The average Bonchev–Trinajstić information content (AvgIpc) is 2.41. The third kappa shape index (κ3) is 3.28. The highest BCUT2D eigenvalue weighted by Gasteiger charge is 2.15. The van der Waals surface area contributed by atoms with Gasteiger partial charge in [-0.15, -0.1) is 0 Å². The zero-order valence-electron chi connectivity index (χ0n) is 9.84. The summed E-state index contributed by atoms with van der Waals surface area (Å²) < 4.78 is 1.01. The first-order chi connectivity index (χ1) is 8.66. The molecule has 0 aromatic heterocycles. The molecule has 2 aromatic carbocycles. The quantitative estimate of drug-likeness (QED) is 0.942. The summed E-state index contributed by atoms with van der Waals surface area (Å²) in [6.45, 7) is 0. The Morgan fingerprint density at radius 2 is 1.67 bits per heavy atom. The Morgan fingerprint density at radius 1 is 1.06 bits per heavy atom. The van der Waals surface area contributed by atoms with E-state index in [-0.39, 0.29) is 5.78 Å². The number of rotatable bonds is 4. The second-order valence-electron chi connectivity index (χ2n) is 4.16. The number of Topliss-reactive ketones (excluding diaryl/α,β-unsaturated/α-hetero) is 1. The van der Waals surface area contributed by atoms with E-state index in [4.69, 9.17) is 5.73 Å². The molecule has 0 saturated carbocycles. The van der Waals surface area contributed by atoms with E-state index in [0.717, 1.165) is 15.6 Å². The second kappa shape index (κ2) is 5.94. The fourth-order valence-electron chi connectivity index (χ4n) is 1.76. The van der Waals surface area contributed by atoms with E-state index in [9.17, 15) is 4.79 Å². The number of ketones is 1. The highest BCUT2D eigenvalue weighted by atomic mass is 79.9. The Morgan fingerprint density at radius 3 is 2.28 bits per heavy atom. The first-order valence-electron chi connectivity index (χ1n) is 5.74. The molecule has 0 aliphatic rings. The van der Waals surface area contributed by atoms with Gasteiger partial charge in [-0.2, -0.15) is 0 Å². The van der Waals surface area contributed by atoms with Crippen LogP contribution in [0.15, 0.2) is 59.1 Å². The number of carbonyl (C=O) groups is 1. The number of hydrogen-bond donors (Lipinski definition) is 1. The lowest BCUT2D eigenvalue weighted by Crippen LogP contribution is -2.23. The summed E-state index contributed by atoms with van der Waals surface area (Å²) in [5.41, 5.74) is 7.80. The summed E-state index contributed by atoms with van der Waals surface area (Å²) >= 11 is 3.37. The van der Waals surface area contributed by atoms with Gasteiger partial charge in [0.25, 0.3) is 0 Å². The summed E-state index contributed by atoms with van der Waals surface area (Å²) in [5.74, 6) is 0.0310. The molecule has 1 atom stereocenters. The largest absolute Gasteiger partial charge is 0.318 e. The van der Waals surface area contributed by atoms with Gasteiger partial charge in [-0.25, -0.2) is 0 Å². The van der Waals surface area contributed by atoms with Crippen LogP contribution in [-0.2, 0) is 11.2 Å². The molecule has 0 radical (unpaired) electrons. The van der Waals surface area contributed by atoms with Crippen LogP contribution in [0.5, 0.6) is 0 Å². The van der Waals surface area contributed by atoms with Crippen molar-refractivity contribution in [1.82, 2.24) is 0 Å². The van der Waals surface area contributed by atoms with Crippen molar-refractivity contribution in [3.05, 3.63) is 70.2 Å². The number of nitrogens with two attached hydrogens (primary N) is 1. The number of benzene rings is 2. The molecule has 2 N–H and O–H groups in total. The summed E-state index contributed by atoms with van der Waals surface area (Å²) in [7, 11) is 0. The third-order valence-corrected chi connectivity index (χ3v) is 3.33. The predicted molar refractivity (Wildman–Crippen MR) is 76.2 cm³/mol. The minimum atomic E-state index is -0.546. The molecule has 0 amide bonds. The van der Waals surface area contributed by atoms with Crippen LogP contribution in [0.25, 0.3) is 0 Å². The normalized spacial score (nSPS) is 12.1. The lowest BCUT2D eigenvalue weighted by molar-refractivity contribution is -0.119. The minimum absolute atomic E-state index is 0.0310. The van der Waals surface area contributed by atoms with Crippen molar-refractivity contribution in [2.75, 3.05) is 0 Å². The Balaban J connectivity index is 2.06. The molecule has 92 valence electrons. The van der Waals surface area contributed by atoms with E-state index in [1.165, 1.54) is 0 Å². The van der Waals surface area contributed by atoms with Crippen LogP contribution in [0.2, 0.25) is 0 Å². The smallest absolute Gasteiger partial charge is 0.158 e. The van der Waals surface area contributed by atoms with E-state index in [0.29, 0.717) is 6.42 Å². The summed E-state index contributed by atoms with van der Waals surface area (Å²) in [4.78, 5) is 12.1. The first kappa shape index (κ1) is 13.0. The molecule has 0 aliphatic carbocycles. The maximum absolute atomic E-state index is 12.1. The zero-order chi connectivity index (χ0) is 13.0. The maximum Gasteiger partial charge on any atom is 0.158 e. The van der Waals surface area contributed by atoms with Gasteiger partial charge in [-0.3, -0.25) is 4.79 Å². The van der Waals surface area contributed by atoms with Crippen LogP contribution >= 0.6 is 15.9 Å². The van der Waals surface area contributed by atoms with Crippen LogP contribution < -0.4 is 5.73 Å². The van der Waals surface area contributed by atoms with Crippen LogP contribution in [0.3, 0.4) is 0 Å². The van der Waals surface area contributed by atoms with Gasteiger partial charge in [-0.1, -0.05) is 58.4 Å². The topological polar surface area (TPSA) is 43.1 Å². The lowest BCUT2D eigenvalue weighted by Gasteiger charge is -2.10. The van der Waals surface area contributed by atoms with Crippen LogP contribution in [0.4, 0.5) is 0 Å². The molecular formula is C15H14BrNO. The first-order valence-corrected chi connectivity index (χ1v) is 6.54. The molecule has 1 unspecified atom stereocenters. The van der Waals surface area contributed by atoms with Gasteiger partial charge in [0, 0.05) is 10.9 Å². The van der Waals surface area contributed by atoms with E-state index in [2.05, 4.69) is 15.9 Å².